The Bertz CT molecular complexity index is 1300. The van der Waals surface area contributed by atoms with Gasteiger partial charge in [-0.15, -0.1) is 0 Å². The van der Waals surface area contributed by atoms with E-state index in [0.29, 0.717) is 23.6 Å². The van der Waals surface area contributed by atoms with E-state index in [4.69, 9.17) is 5.73 Å². The van der Waals surface area contributed by atoms with E-state index < -0.39 is 5.91 Å². The van der Waals surface area contributed by atoms with E-state index in [0.717, 1.165) is 47.0 Å². The van der Waals surface area contributed by atoms with Gasteiger partial charge in [0.1, 0.15) is 0 Å². The van der Waals surface area contributed by atoms with Gasteiger partial charge in [-0.05, 0) is 71.1 Å². The molecule has 1 unspecified atom stereocenters. The summed E-state index contributed by atoms with van der Waals surface area (Å²) >= 11 is 0. The minimum Gasteiger partial charge on any atom is -0.366 e. The molecule has 1 fully saturated rings. The SMILES string of the molecule is NC(=O)c1cccc(-c2ccc3cc(C(=O)N4CCCC(c5ccn[nH]5)C4)ccc3c2)c1. The number of amides is 2. The van der Waals surface area contributed by atoms with Crippen LogP contribution < -0.4 is 5.73 Å². The first-order valence-corrected chi connectivity index (χ1v) is 10.8. The number of benzene rings is 3. The zero-order chi connectivity index (χ0) is 22.1. The first kappa shape index (κ1) is 20.0. The molecule has 32 heavy (non-hydrogen) atoms. The highest BCUT2D eigenvalue weighted by atomic mass is 16.2. The van der Waals surface area contributed by atoms with E-state index in [-0.39, 0.29) is 5.91 Å². The summed E-state index contributed by atoms with van der Waals surface area (Å²) in [6.45, 7) is 1.48. The summed E-state index contributed by atoms with van der Waals surface area (Å²) in [7, 11) is 0. The lowest BCUT2D eigenvalue weighted by Gasteiger charge is -2.32. The lowest BCUT2D eigenvalue weighted by Crippen LogP contribution is -2.39. The van der Waals surface area contributed by atoms with Crippen molar-refractivity contribution in [1.82, 2.24) is 15.1 Å². The van der Waals surface area contributed by atoms with Crippen LogP contribution in [-0.2, 0) is 0 Å². The van der Waals surface area contributed by atoms with Gasteiger partial charge in [0.2, 0.25) is 5.91 Å². The molecule has 5 rings (SSSR count). The molecule has 0 radical (unpaired) electrons. The molecular weight excluding hydrogens is 400 g/mol. The third kappa shape index (κ3) is 3.87. The second-order valence-electron chi connectivity index (χ2n) is 8.32. The van der Waals surface area contributed by atoms with Crippen LogP contribution in [-0.4, -0.2) is 40.0 Å². The van der Waals surface area contributed by atoms with Gasteiger partial charge in [-0.25, -0.2) is 0 Å². The number of likely N-dealkylation sites (tertiary alicyclic amines) is 1. The number of H-pyrrole nitrogens is 1. The fraction of sp³-hybridized carbons (Fsp3) is 0.192. The standard InChI is InChI=1S/C26H24N4O2/c27-25(31)21-4-1-3-17(14-21)18-6-7-20-15-22(9-8-19(20)13-18)26(32)30-12-2-5-23(16-30)24-10-11-28-29-24/h1,3-4,6-11,13-15,23H,2,5,12,16H2,(H2,27,31)(H,28,29). The van der Waals surface area contributed by atoms with Gasteiger partial charge < -0.3 is 10.6 Å². The first-order chi connectivity index (χ1) is 15.6. The Morgan fingerprint density at radius 3 is 2.56 bits per heavy atom. The molecule has 3 N–H and O–H groups in total. The third-order valence-corrected chi connectivity index (χ3v) is 6.24. The maximum atomic E-state index is 13.2. The number of aromatic nitrogens is 2. The number of carbonyl (C=O) groups is 2. The van der Waals surface area contributed by atoms with Crippen LogP contribution in [0.1, 0.15) is 45.2 Å². The normalized spacial score (nSPS) is 16.2. The molecule has 6 nitrogen and oxygen atoms in total. The number of hydrogen-bond donors (Lipinski definition) is 2. The summed E-state index contributed by atoms with van der Waals surface area (Å²) in [5.41, 5.74) is 9.62. The molecular formula is C26H24N4O2. The Balaban J connectivity index is 1.39. The van der Waals surface area contributed by atoms with Crippen molar-refractivity contribution in [3.05, 3.63) is 89.7 Å². The first-order valence-electron chi connectivity index (χ1n) is 10.8. The predicted molar refractivity (Wildman–Crippen MR) is 124 cm³/mol. The quantitative estimate of drug-likeness (QED) is 0.510. The number of piperidine rings is 1. The van der Waals surface area contributed by atoms with Gasteiger partial charge in [0.15, 0.2) is 0 Å². The van der Waals surface area contributed by atoms with Crippen molar-refractivity contribution >= 4 is 22.6 Å². The van der Waals surface area contributed by atoms with Gasteiger partial charge in [0, 0.05) is 42.0 Å². The Hall–Kier alpha value is -3.93. The van der Waals surface area contributed by atoms with Gasteiger partial charge >= 0.3 is 0 Å². The highest BCUT2D eigenvalue weighted by Crippen LogP contribution is 2.29. The second kappa shape index (κ2) is 8.30. The van der Waals surface area contributed by atoms with Crippen LogP contribution >= 0.6 is 0 Å². The van der Waals surface area contributed by atoms with Crippen molar-refractivity contribution < 1.29 is 9.59 Å². The Labute approximate surface area is 186 Å². The van der Waals surface area contributed by atoms with Crippen molar-refractivity contribution in [2.75, 3.05) is 13.1 Å². The van der Waals surface area contributed by atoms with Crippen molar-refractivity contribution in [2.45, 2.75) is 18.8 Å². The summed E-state index contributed by atoms with van der Waals surface area (Å²) in [6, 6.07) is 21.2. The molecule has 1 aromatic heterocycles. The molecule has 1 saturated heterocycles. The van der Waals surface area contributed by atoms with E-state index in [1.54, 1.807) is 18.3 Å². The number of primary amides is 1. The summed E-state index contributed by atoms with van der Waals surface area (Å²) in [4.78, 5) is 26.6. The third-order valence-electron chi connectivity index (χ3n) is 6.24. The Kier molecular flexibility index (Phi) is 5.19. The Morgan fingerprint density at radius 1 is 0.938 bits per heavy atom. The highest BCUT2D eigenvalue weighted by Gasteiger charge is 2.26. The number of aromatic amines is 1. The maximum absolute atomic E-state index is 13.2. The molecule has 0 bridgehead atoms. The molecule has 0 spiro atoms. The molecule has 2 amide bonds. The zero-order valence-electron chi connectivity index (χ0n) is 17.6. The monoisotopic (exact) mass is 424 g/mol. The van der Waals surface area contributed by atoms with Crippen molar-refractivity contribution in [2.24, 2.45) is 5.73 Å². The van der Waals surface area contributed by atoms with Gasteiger partial charge in [0.25, 0.3) is 5.91 Å². The largest absolute Gasteiger partial charge is 0.366 e. The number of hydrogen-bond acceptors (Lipinski definition) is 3. The number of nitrogens with two attached hydrogens (primary N) is 1. The molecule has 6 heteroatoms. The van der Waals surface area contributed by atoms with Crippen LogP contribution in [0.2, 0.25) is 0 Å². The molecule has 4 aromatic rings. The van der Waals surface area contributed by atoms with E-state index in [2.05, 4.69) is 16.3 Å². The van der Waals surface area contributed by atoms with Gasteiger partial charge in [0.05, 0.1) is 0 Å². The van der Waals surface area contributed by atoms with Crippen LogP contribution in [0.15, 0.2) is 72.9 Å². The van der Waals surface area contributed by atoms with Crippen molar-refractivity contribution in [3.8, 4) is 11.1 Å². The van der Waals surface area contributed by atoms with E-state index in [9.17, 15) is 9.59 Å². The summed E-state index contributed by atoms with van der Waals surface area (Å²) in [6.07, 6.45) is 3.80. The molecule has 3 aromatic carbocycles. The van der Waals surface area contributed by atoms with Gasteiger partial charge in [-0.3, -0.25) is 14.7 Å². The van der Waals surface area contributed by atoms with E-state index in [1.165, 1.54) is 0 Å². The summed E-state index contributed by atoms with van der Waals surface area (Å²) < 4.78 is 0. The Morgan fingerprint density at radius 2 is 1.75 bits per heavy atom. The fourth-order valence-electron chi connectivity index (χ4n) is 4.50. The smallest absolute Gasteiger partial charge is 0.253 e. The maximum Gasteiger partial charge on any atom is 0.253 e. The van der Waals surface area contributed by atoms with Crippen LogP contribution in [0.5, 0.6) is 0 Å². The molecule has 1 atom stereocenters. The fourth-order valence-corrected chi connectivity index (χ4v) is 4.50. The zero-order valence-corrected chi connectivity index (χ0v) is 17.6. The van der Waals surface area contributed by atoms with Crippen molar-refractivity contribution in [3.63, 3.8) is 0 Å². The van der Waals surface area contributed by atoms with Crippen LogP contribution in [0, 0.1) is 0 Å². The molecule has 0 aliphatic carbocycles. The highest BCUT2D eigenvalue weighted by molar-refractivity contribution is 6.00. The molecule has 0 saturated carbocycles. The van der Waals surface area contributed by atoms with Crippen LogP contribution in [0.3, 0.4) is 0 Å². The number of nitrogens with one attached hydrogen (secondary N) is 1. The topological polar surface area (TPSA) is 92.1 Å². The average molecular weight is 425 g/mol. The predicted octanol–water partition coefficient (Wildman–Crippen LogP) is 4.35. The van der Waals surface area contributed by atoms with Gasteiger partial charge in [-0.1, -0.05) is 30.3 Å². The second-order valence-corrected chi connectivity index (χ2v) is 8.32. The van der Waals surface area contributed by atoms with Crippen LogP contribution in [0.4, 0.5) is 0 Å². The number of nitrogens with zero attached hydrogens (tertiary/aromatic N) is 2. The van der Waals surface area contributed by atoms with Crippen LogP contribution in [0.25, 0.3) is 21.9 Å². The molecule has 1 aliphatic rings. The minimum atomic E-state index is -0.441. The summed E-state index contributed by atoms with van der Waals surface area (Å²) in [5, 5.41) is 9.14. The lowest BCUT2D eigenvalue weighted by atomic mass is 9.94. The lowest BCUT2D eigenvalue weighted by molar-refractivity contribution is 0.0706. The van der Waals surface area contributed by atoms with Crippen molar-refractivity contribution in [1.29, 1.82) is 0 Å². The van der Waals surface area contributed by atoms with E-state index >= 15 is 0 Å². The number of carbonyl (C=O) groups excluding carboxylic acids is 2. The molecule has 2 heterocycles. The van der Waals surface area contributed by atoms with E-state index in [1.807, 2.05) is 53.4 Å². The number of rotatable bonds is 4. The number of fused-ring (bicyclic) bond motifs is 1. The minimum absolute atomic E-state index is 0.0642. The average Bonchev–Trinajstić information content (AvgIpc) is 3.38. The molecule has 160 valence electrons. The van der Waals surface area contributed by atoms with Gasteiger partial charge in [-0.2, -0.15) is 5.10 Å². The summed E-state index contributed by atoms with van der Waals surface area (Å²) in [5.74, 6) is -0.0768. The molecule has 1 aliphatic heterocycles.